The van der Waals surface area contributed by atoms with Crippen LogP contribution >= 0.6 is 23.2 Å². The predicted octanol–water partition coefficient (Wildman–Crippen LogP) is 2.10. The first-order chi connectivity index (χ1) is 9.11. The van der Waals surface area contributed by atoms with E-state index in [0.29, 0.717) is 15.7 Å². The molecular formula is C11H7Cl2N5O. The van der Waals surface area contributed by atoms with E-state index in [2.05, 4.69) is 15.5 Å². The Hall–Kier alpha value is -2.10. The topological polar surface area (TPSA) is 83.6 Å². The Morgan fingerprint density at radius 1 is 1.42 bits per heavy atom. The van der Waals surface area contributed by atoms with Crippen LogP contribution in [-0.4, -0.2) is 20.7 Å². The third-order valence-electron chi connectivity index (χ3n) is 2.26. The number of carbonyl (C=O) groups excluding carboxylic acids is 1. The second-order valence-electron chi connectivity index (χ2n) is 3.54. The van der Waals surface area contributed by atoms with Gasteiger partial charge in [-0.2, -0.15) is 5.26 Å². The molecule has 2 rings (SSSR count). The molecule has 2 aromatic rings. The molecule has 0 aliphatic heterocycles. The molecule has 19 heavy (non-hydrogen) atoms. The number of halogens is 2. The van der Waals surface area contributed by atoms with Crippen molar-refractivity contribution in [3.8, 4) is 6.07 Å². The van der Waals surface area contributed by atoms with Gasteiger partial charge in [0.2, 0.25) is 11.7 Å². The normalized spacial score (nSPS) is 9.95. The first-order valence-electron chi connectivity index (χ1n) is 5.13. The monoisotopic (exact) mass is 295 g/mol. The van der Waals surface area contributed by atoms with E-state index >= 15 is 0 Å². The Morgan fingerprint density at radius 2 is 2.11 bits per heavy atom. The van der Waals surface area contributed by atoms with Gasteiger partial charge in [0, 0.05) is 0 Å². The molecule has 1 heterocycles. The average molecular weight is 296 g/mol. The van der Waals surface area contributed by atoms with Crippen molar-refractivity contribution < 1.29 is 4.79 Å². The van der Waals surface area contributed by atoms with Gasteiger partial charge >= 0.3 is 0 Å². The third-order valence-corrected chi connectivity index (χ3v) is 2.89. The van der Waals surface area contributed by atoms with Gasteiger partial charge in [-0.05, 0) is 12.1 Å². The van der Waals surface area contributed by atoms with Gasteiger partial charge in [0.25, 0.3) is 0 Å². The molecule has 1 amide bonds. The van der Waals surface area contributed by atoms with E-state index in [0.717, 1.165) is 0 Å². The quantitative estimate of drug-likeness (QED) is 0.940. The number of nitrogens with zero attached hydrogens (tertiary/aromatic N) is 4. The number of hydrogen-bond donors (Lipinski definition) is 1. The van der Waals surface area contributed by atoms with Gasteiger partial charge in [0.05, 0.1) is 15.7 Å². The van der Waals surface area contributed by atoms with Crippen molar-refractivity contribution in [3.05, 3.63) is 40.4 Å². The van der Waals surface area contributed by atoms with Crippen molar-refractivity contribution >= 4 is 34.8 Å². The maximum absolute atomic E-state index is 11.8. The smallest absolute Gasteiger partial charge is 0.244 e. The number of para-hydroxylation sites is 1. The van der Waals surface area contributed by atoms with E-state index in [4.69, 9.17) is 28.5 Å². The van der Waals surface area contributed by atoms with Crippen molar-refractivity contribution in [2.45, 2.75) is 6.54 Å². The van der Waals surface area contributed by atoms with Crippen LogP contribution in [0.2, 0.25) is 10.0 Å². The minimum absolute atomic E-state index is 0.0559. The highest BCUT2D eigenvalue weighted by molar-refractivity contribution is 6.39. The lowest BCUT2D eigenvalue weighted by Crippen LogP contribution is -2.19. The number of hydrogen-bond acceptors (Lipinski definition) is 4. The maximum atomic E-state index is 11.8. The molecule has 0 unspecified atom stereocenters. The van der Waals surface area contributed by atoms with Crippen LogP contribution in [0.3, 0.4) is 0 Å². The number of anilines is 1. The van der Waals surface area contributed by atoms with E-state index in [-0.39, 0.29) is 18.3 Å². The number of nitrogens with one attached hydrogen (secondary N) is 1. The lowest BCUT2D eigenvalue weighted by Gasteiger charge is -2.09. The molecule has 0 aliphatic carbocycles. The van der Waals surface area contributed by atoms with Gasteiger partial charge < -0.3 is 5.32 Å². The van der Waals surface area contributed by atoms with Crippen molar-refractivity contribution in [2.24, 2.45) is 0 Å². The molecule has 0 atom stereocenters. The number of amides is 1. The Kier molecular flexibility index (Phi) is 4.00. The highest BCUT2D eigenvalue weighted by atomic mass is 35.5. The number of rotatable bonds is 3. The van der Waals surface area contributed by atoms with E-state index in [1.165, 1.54) is 10.9 Å². The Labute approximate surface area is 118 Å². The first-order valence-corrected chi connectivity index (χ1v) is 5.89. The SMILES string of the molecule is N#Cc1nncn1CC(=O)Nc1c(Cl)cccc1Cl. The van der Waals surface area contributed by atoms with Crippen LogP contribution in [-0.2, 0) is 11.3 Å². The van der Waals surface area contributed by atoms with Crippen molar-refractivity contribution in [1.29, 1.82) is 5.26 Å². The lowest BCUT2D eigenvalue weighted by molar-refractivity contribution is -0.116. The fourth-order valence-electron chi connectivity index (χ4n) is 1.41. The molecule has 0 radical (unpaired) electrons. The molecule has 8 heteroatoms. The summed E-state index contributed by atoms with van der Waals surface area (Å²) in [7, 11) is 0. The highest BCUT2D eigenvalue weighted by Crippen LogP contribution is 2.29. The van der Waals surface area contributed by atoms with Gasteiger partial charge in [0.15, 0.2) is 0 Å². The zero-order valence-corrected chi connectivity index (χ0v) is 11.0. The van der Waals surface area contributed by atoms with Crippen LogP contribution in [0.5, 0.6) is 0 Å². The molecule has 1 N–H and O–H groups in total. The summed E-state index contributed by atoms with van der Waals surface area (Å²) in [6, 6.07) is 6.73. The molecule has 0 saturated heterocycles. The van der Waals surface area contributed by atoms with E-state index in [9.17, 15) is 4.79 Å². The lowest BCUT2D eigenvalue weighted by atomic mass is 10.3. The highest BCUT2D eigenvalue weighted by Gasteiger charge is 2.12. The van der Waals surface area contributed by atoms with Gasteiger partial charge in [-0.15, -0.1) is 10.2 Å². The van der Waals surface area contributed by atoms with Crippen LogP contribution in [0.25, 0.3) is 0 Å². The molecule has 0 spiro atoms. The summed E-state index contributed by atoms with van der Waals surface area (Å²) >= 11 is 11.9. The molecule has 0 fully saturated rings. The van der Waals surface area contributed by atoms with Gasteiger partial charge in [0.1, 0.15) is 18.9 Å². The Morgan fingerprint density at radius 3 is 2.74 bits per heavy atom. The second-order valence-corrected chi connectivity index (χ2v) is 4.35. The maximum Gasteiger partial charge on any atom is 0.244 e. The van der Waals surface area contributed by atoms with Gasteiger partial charge in [-0.3, -0.25) is 9.36 Å². The Balaban J connectivity index is 2.13. The number of aromatic nitrogens is 3. The first kappa shape index (κ1) is 13.3. The van der Waals surface area contributed by atoms with Crippen molar-refractivity contribution in [2.75, 3.05) is 5.32 Å². The molecule has 1 aromatic carbocycles. The van der Waals surface area contributed by atoms with Crippen molar-refractivity contribution in [1.82, 2.24) is 14.8 Å². The largest absolute Gasteiger partial charge is 0.322 e. The summed E-state index contributed by atoms with van der Waals surface area (Å²) in [6.07, 6.45) is 1.30. The molecule has 6 nitrogen and oxygen atoms in total. The van der Waals surface area contributed by atoms with Crippen LogP contribution in [0.4, 0.5) is 5.69 Å². The van der Waals surface area contributed by atoms with E-state index < -0.39 is 0 Å². The summed E-state index contributed by atoms with van der Waals surface area (Å²) < 4.78 is 1.32. The average Bonchev–Trinajstić information content (AvgIpc) is 2.81. The van der Waals surface area contributed by atoms with Gasteiger partial charge in [-0.25, -0.2) is 0 Å². The summed E-state index contributed by atoms with van der Waals surface area (Å²) in [4.78, 5) is 11.8. The third kappa shape index (κ3) is 3.02. The van der Waals surface area contributed by atoms with Crippen LogP contribution in [0.1, 0.15) is 5.82 Å². The number of benzene rings is 1. The summed E-state index contributed by atoms with van der Waals surface area (Å²) in [5.41, 5.74) is 0.336. The second kappa shape index (κ2) is 5.69. The summed E-state index contributed by atoms with van der Waals surface area (Å²) in [6.45, 7) is -0.0998. The minimum Gasteiger partial charge on any atom is -0.322 e. The number of carbonyl (C=O) groups is 1. The summed E-state index contributed by atoms with van der Waals surface area (Å²) in [5.74, 6) is -0.327. The Bertz CT molecular complexity index is 641. The molecular weight excluding hydrogens is 289 g/mol. The fraction of sp³-hybridized carbons (Fsp3) is 0.0909. The number of nitriles is 1. The zero-order chi connectivity index (χ0) is 13.8. The zero-order valence-electron chi connectivity index (χ0n) is 9.47. The fourth-order valence-corrected chi connectivity index (χ4v) is 1.90. The predicted molar refractivity (Wildman–Crippen MR) is 69.8 cm³/mol. The van der Waals surface area contributed by atoms with Crippen LogP contribution < -0.4 is 5.32 Å². The molecule has 0 aliphatic rings. The van der Waals surface area contributed by atoms with Crippen LogP contribution in [0, 0.1) is 11.3 Å². The van der Waals surface area contributed by atoms with E-state index in [1.54, 1.807) is 18.2 Å². The minimum atomic E-state index is -0.383. The molecule has 0 saturated carbocycles. The molecule has 0 bridgehead atoms. The van der Waals surface area contributed by atoms with Crippen LogP contribution in [0.15, 0.2) is 24.5 Å². The standard InChI is InChI=1S/C11H7Cl2N5O/c12-7-2-1-3-8(13)11(7)16-10(19)5-18-6-15-17-9(18)4-14/h1-3,6H,5H2,(H,16,19). The van der Waals surface area contributed by atoms with E-state index in [1.807, 2.05) is 6.07 Å². The molecule has 1 aromatic heterocycles. The van der Waals surface area contributed by atoms with Gasteiger partial charge in [-0.1, -0.05) is 29.3 Å². The summed E-state index contributed by atoms with van der Waals surface area (Å²) in [5, 5.41) is 19.1. The van der Waals surface area contributed by atoms with Crippen molar-refractivity contribution in [3.63, 3.8) is 0 Å². The molecule has 96 valence electrons.